The molecule has 0 radical (unpaired) electrons. The number of ether oxygens (including phenoxy) is 1. The molecule has 2 unspecified atom stereocenters. The summed E-state index contributed by atoms with van der Waals surface area (Å²) in [6, 6.07) is -0.783. The van der Waals surface area contributed by atoms with Crippen LogP contribution in [0.2, 0.25) is 0 Å². The molecule has 2 atom stereocenters. The molecule has 0 spiro atoms. The Morgan fingerprint density at radius 3 is 2.25 bits per heavy atom. The van der Waals surface area contributed by atoms with Crippen molar-refractivity contribution in [2.75, 3.05) is 7.11 Å². The Morgan fingerprint density at radius 1 is 1.38 bits per heavy atom. The molecule has 0 aromatic carbocycles. The summed E-state index contributed by atoms with van der Waals surface area (Å²) >= 11 is 0. The maximum absolute atomic E-state index is 11.5. The second-order valence-electron chi connectivity index (χ2n) is 3.33. The normalized spacial score (nSPS) is 15.2. The molecule has 0 saturated heterocycles. The Balaban J connectivity index is 4.57. The quantitative estimate of drug-likeness (QED) is 0.607. The van der Waals surface area contributed by atoms with Gasteiger partial charge in [-0.2, -0.15) is 0 Å². The molecule has 0 rings (SSSR count). The SMILES string of the molecule is COC(=O)C(C)S(=O)(=O)NC(C)CC(=O)O. The summed E-state index contributed by atoms with van der Waals surface area (Å²) in [4.78, 5) is 21.3. The van der Waals surface area contributed by atoms with Gasteiger partial charge in [-0.25, -0.2) is 13.1 Å². The minimum Gasteiger partial charge on any atom is -0.481 e. The smallest absolute Gasteiger partial charge is 0.325 e. The van der Waals surface area contributed by atoms with E-state index in [2.05, 4.69) is 9.46 Å². The zero-order valence-corrected chi connectivity index (χ0v) is 10.1. The Morgan fingerprint density at radius 2 is 1.88 bits per heavy atom. The van der Waals surface area contributed by atoms with E-state index in [1.54, 1.807) is 0 Å². The Labute approximate surface area is 93.8 Å². The van der Waals surface area contributed by atoms with Gasteiger partial charge in [0.25, 0.3) is 0 Å². The second kappa shape index (κ2) is 5.80. The number of carbonyl (C=O) groups excluding carboxylic acids is 1. The molecular formula is C8H15NO6S. The summed E-state index contributed by atoms with van der Waals surface area (Å²) in [5.41, 5.74) is 0. The molecular weight excluding hydrogens is 238 g/mol. The van der Waals surface area contributed by atoms with Gasteiger partial charge in [0.1, 0.15) is 0 Å². The number of carboxylic acid groups (broad SMARTS) is 1. The fourth-order valence-electron chi connectivity index (χ4n) is 0.979. The van der Waals surface area contributed by atoms with Gasteiger partial charge in [0.2, 0.25) is 10.0 Å². The Kier molecular flexibility index (Phi) is 5.39. The van der Waals surface area contributed by atoms with Crippen LogP contribution in [-0.2, 0) is 24.3 Å². The topological polar surface area (TPSA) is 110 Å². The van der Waals surface area contributed by atoms with Gasteiger partial charge in [0.05, 0.1) is 13.5 Å². The minimum atomic E-state index is -3.90. The first-order valence-corrected chi connectivity index (χ1v) is 6.06. The highest BCUT2D eigenvalue weighted by atomic mass is 32.2. The van der Waals surface area contributed by atoms with Gasteiger partial charge in [-0.15, -0.1) is 0 Å². The molecule has 0 saturated carbocycles. The predicted molar refractivity (Wildman–Crippen MR) is 55.2 cm³/mol. The second-order valence-corrected chi connectivity index (χ2v) is 5.36. The van der Waals surface area contributed by atoms with Crippen LogP contribution in [0.4, 0.5) is 0 Å². The van der Waals surface area contributed by atoms with E-state index < -0.39 is 33.3 Å². The molecule has 8 heteroatoms. The molecule has 7 nitrogen and oxygen atoms in total. The van der Waals surface area contributed by atoms with Crippen LogP contribution in [0, 0.1) is 0 Å². The average molecular weight is 253 g/mol. The highest BCUT2D eigenvalue weighted by Gasteiger charge is 2.30. The summed E-state index contributed by atoms with van der Waals surface area (Å²) in [7, 11) is -2.83. The molecule has 0 fully saturated rings. The molecule has 0 aliphatic rings. The number of rotatable bonds is 6. The summed E-state index contributed by atoms with van der Waals surface area (Å²) < 4.78 is 29.4. The number of nitrogens with one attached hydrogen (secondary N) is 1. The molecule has 0 amide bonds. The highest BCUT2D eigenvalue weighted by molar-refractivity contribution is 7.90. The number of methoxy groups -OCH3 is 1. The highest BCUT2D eigenvalue weighted by Crippen LogP contribution is 2.03. The lowest BCUT2D eigenvalue weighted by atomic mass is 10.3. The number of esters is 1. The Bertz CT molecular complexity index is 363. The lowest BCUT2D eigenvalue weighted by Gasteiger charge is -2.15. The summed E-state index contributed by atoms with van der Waals surface area (Å²) in [6.07, 6.45) is -0.354. The fraction of sp³-hybridized carbons (Fsp3) is 0.750. The van der Waals surface area contributed by atoms with E-state index in [9.17, 15) is 18.0 Å². The summed E-state index contributed by atoms with van der Waals surface area (Å²) in [5, 5.41) is 7.08. The monoisotopic (exact) mass is 253 g/mol. The van der Waals surface area contributed by atoms with Gasteiger partial charge in [-0.3, -0.25) is 9.59 Å². The zero-order valence-electron chi connectivity index (χ0n) is 9.26. The van der Waals surface area contributed by atoms with Crippen LogP contribution in [0.25, 0.3) is 0 Å². The summed E-state index contributed by atoms with van der Waals surface area (Å²) in [5.74, 6) is -2.02. The Hall–Kier alpha value is -1.15. The first-order valence-electron chi connectivity index (χ1n) is 4.51. The molecule has 0 aromatic rings. The van der Waals surface area contributed by atoms with Crippen molar-refractivity contribution < 1.29 is 27.9 Å². The van der Waals surface area contributed by atoms with E-state index >= 15 is 0 Å². The van der Waals surface area contributed by atoms with E-state index in [4.69, 9.17) is 5.11 Å². The van der Waals surface area contributed by atoms with Crippen LogP contribution in [0.5, 0.6) is 0 Å². The van der Waals surface area contributed by atoms with Gasteiger partial charge in [0.15, 0.2) is 5.25 Å². The van der Waals surface area contributed by atoms with Crippen LogP contribution in [0.15, 0.2) is 0 Å². The number of carboxylic acids is 1. The predicted octanol–water partition coefficient (Wildman–Crippen LogP) is -0.669. The first kappa shape index (κ1) is 14.8. The lowest BCUT2D eigenvalue weighted by molar-refractivity contribution is -0.140. The standard InChI is InChI=1S/C8H15NO6S/c1-5(4-7(10)11)9-16(13,14)6(2)8(12)15-3/h5-6,9H,4H2,1-3H3,(H,10,11). The van der Waals surface area contributed by atoms with Crippen molar-refractivity contribution in [3.05, 3.63) is 0 Å². The van der Waals surface area contributed by atoms with Crippen molar-refractivity contribution in [1.29, 1.82) is 0 Å². The van der Waals surface area contributed by atoms with Crippen molar-refractivity contribution >= 4 is 22.0 Å². The van der Waals surface area contributed by atoms with E-state index in [0.717, 1.165) is 7.11 Å². The van der Waals surface area contributed by atoms with Gasteiger partial charge >= 0.3 is 11.9 Å². The summed E-state index contributed by atoms with van der Waals surface area (Å²) in [6.45, 7) is 2.57. The van der Waals surface area contributed by atoms with Crippen molar-refractivity contribution in [2.24, 2.45) is 0 Å². The third kappa shape index (κ3) is 4.58. The van der Waals surface area contributed by atoms with Gasteiger partial charge in [0, 0.05) is 6.04 Å². The average Bonchev–Trinajstić information content (AvgIpc) is 2.13. The maximum Gasteiger partial charge on any atom is 0.325 e. The molecule has 0 heterocycles. The molecule has 0 aromatic heterocycles. The molecule has 0 bridgehead atoms. The van der Waals surface area contributed by atoms with Crippen molar-refractivity contribution in [1.82, 2.24) is 4.72 Å². The van der Waals surface area contributed by atoms with Crippen LogP contribution in [0.1, 0.15) is 20.3 Å². The van der Waals surface area contributed by atoms with Crippen LogP contribution >= 0.6 is 0 Å². The fourth-order valence-corrected chi connectivity index (χ4v) is 2.18. The number of hydrogen-bond donors (Lipinski definition) is 2. The molecule has 2 N–H and O–H groups in total. The molecule has 0 aliphatic heterocycles. The van der Waals surface area contributed by atoms with Crippen molar-refractivity contribution in [2.45, 2.75) is 31.6 Å². The van der Waals surface area contributed by atoms with Crippen molar-refractivity contribution in [3.63, 3.8) is 0 Å². The number of carbonyl (C=O) groups is 2. The molecule has 94 valence electrons. The van der Waals surface area contributed by atoms with Gasteiger partial charge < -0.3 is 9.84 Å². The van der Waals surface area contributed by atoms with Crippen LogP contribution in [-0.4, -0.2) is 43.9 Å². The number of hydrogen-bond acceptors (Lipinski definition) is 5. The van der Waals surface area contributed by atoms with E-state index in [1.165, 1.54) is 13.8 Å². The molecule has 16 heavy (non-hydrogen) atoms. The van der Waals surface area contributed by atoms with Gasteiger partial charge in [-0.1, -0.05) is 0 Å². The van der Waals surface area contributed by atoms with Gasteiger partial charge in [-0.05, 0) is 13.8 Å². The van der Waals surface area contributed by atoms with E-state index in [1.807, 2.05) is 0 Å². The van der Waals surface area contributed by atoms with E-state index in [0.29, 0.717) is 0 Å². The third-order valence-corrected chi connectivity index (χ3v) is 3.70. The first-order chi connectivity index (χ1) is 7.20. The van der Waals surface area contributed by atoms with Crippen LogP contribution in [0.3, 0.4) is 0 Å². The number of aliphatic carboxylic acids is 1. The zero-order chi connectivity index (χ0) is 12.9. The maximum atomic E-state index is 11.5. The number of sulfonamides is 1. The molecule has 0 aliphatic carbocycles. The van der Waals surface area contributed by atoms with E-state index in [-0.39, 0.29) is 6.42 Å². The largest absolute Gasteiger partial charge is 0.481 e. The third-order valence-electron chi connectivity index (χ3n) is 1.84. The van der Waals surface area contributed by atoms with Crippen molar-refractivity contribution in [3.8, 4) is 0 Å². The van der Waals surface area contributed by atoms with Crippen LogP contribution < -0.4 is 4.72 Å². The lowest BCUT2D eigenvalue weighted by Crippen LogP contribution is -2.43. The minimum absolute atomic E-state index is 0.354.